The molecule has 0 aliphatic heterocycles. The Balaban J connectivity index is 2.34. The van der Waals surface area contributed by atoms with Gasteiger partial charge in [-0.1, -0.05) is 17.7 Å². The van der Waals surface area contributed by atoms with E-state index in [0.29, 0.717) is 17.8 Å². The van der Waals surface area contributed by atoms with Crippen LogP contribution in [0.25, 0.3) is 0 Å². The Labute approximate surface area is 119 Å². The van der Waals surface area contributed by atoms with E-state index in [-0.39, 0.29) is 0 Å². The molecule has 0 atom stereocenters. The molecule has 2 N–H and O–H groups in total. The molecule has 1 aromatic heterocycles. The van der Waals surface area contributed by atoms with Gasteiger partial charge in [0.2, 0.25) is 17.8 Å². The number of anilines is 4. The number of aryl methyl sites for hydroxylation is 2. The predicted molar refractivity (Wildman–Crippen MR) is 82.9 cm³/mol. The van der Waals surface area contributed by atoms with Crippen molar-refractivity contribution in [3.63, 3.8) is 0 Å². The largest absolute Gasteiger partial charge is 0.357 e. The Morgan fingerprint density at radius 3 is 2.30 bits per heavy atom. The van der Waals surface area contributed by atoms with Gasteiger partial charge in [-0.25, -0.2) is 0 Å². The summed E-state index contributed by atoms with van der Waals surface area (Å²) in [6.07, 6.45) is 0. The highest BCUT2D eigenvalue weighted by Crippen LogP contribution is 2.21. The van der Waals surface area contributed by atoms with Crippen LogP contribution >= 0.6 is 0 Å². The monoisotopic (exact) mass is 272 g/mol. The molecule has 1 heterocycles. The van der Waals surface area contributed by atoms with E-state index in [1.54, 1.807) is 7.05 Å². The zero-order chi connectivity index (χ0) is 14.7. The Hall–Kier alpha value is -2.37. The molecular weight excluding hydrogens is 252 g/mol. The fraction of sp³-hybridized carbons (Fsp3) is 0.357. The predicted octanol–water partition coefficient (Wildman–Crippen LogP) is 2.34. The molecule has 0 saturated carbocycles. The Morgan fingerprint density at radius 2 is 1.70 bits per heavy atom. The second-order valence-electron chi connectivity index (χ2n) is 4.87. The van der Waals surface area contributed by atoms with E-state index in [1.165, 1.54) is 5.56 Å². The van der Waals surface area contributed by atoms with Crippen molar-refractivity contribution in [3.05, 3.63) is 29.3 Å². The molecule has 6 nitrogen and oxygen atoms in total. The van der Waals surface area contributed by atoms with Crippen molar-refractivity contribution >= 4 is 23.5 Å². The summed E-state index contributed by atoms with van der Waals surface area (Å²) >= 11 is 0. The molecule has 0 radical (unpaired) electrons. The average molecular weight is 272 g/mol. The summed E-state index contributed by atoms with van der Waals surface area (Å²) < 4.78 is 0. The molecule has 0 fully saturated rings. The molecule has 0 bridgehead atoms. The van der Waals surface area contributed by atoms with Crippen molar-refractivity contribution in [1.29, 1.82) is 0 Å². The van der Waals surface area contributed by atoms with Gasteiger partial charge in [-0.05, 0) is 25.5 Å². The van der Waals surface area contributed by atoms with E-state index in [0.717, 1.165) is 11.3 Å². The molecule has 1 aromatic carbocycles. The van der Waals surface area contributed by atoms with Gasteiger partial charge in [-0.15, -0.1) is 0 Å². The van der Waals surface area contributed by atoms with Crippen molar-refractivity contribution in [2.45, 2.75) is 13.8 Å². The molecule has 0 amide bonds. The lowest BCUT2D eigenvalue weighted by Gasteiger charge is -2.14. The molecular formula is C14H20N6. The van der Waals surface area contributed by atoms with Gasteiger partial charge >= 0.3 is 0 Å². The minimum Gasteiger partial charge on any atom is -0.357 e. The van der Waals surface area contributed by atoms with E-state index in [9.17, 15) is 0 Å². The van der Waals surface area contributed by atoms with Crippen LogP contribution in [0.3, 0.4) is 0 Å². The number of aromatic nitrogens is 3. The van der Waals surface area contributed by atoms with Gasteiger partial charge in [0.05, 0.1) is 0 Å². The maximum absolute atomic E-state index is 4.39. The van der Waals surface area contributed by atoms with Crippen LogP contribution in [0.15, 0.2) is 18.2 Å². The van der Waals surface area contributed by atoms with Gasteiger partial charge < -0.3 is 15.5 Å². The van der Waals surface area contributed by atoms with Crippen molar-refractivity contribution in [2.24, 2.45) is 0 Å². The maximum Gasteiger partial charge on any atom is 0.233 e. The number of hydrogen-bond acceptors (Lipinski definition) is 6. The first-order valence-corrected chi connectivity index (χ1v) is 6.45. The number of rotatable bonds is 4. The molecule has 2 rings (SSSR count). The molecule has 106 valence electrons. The molecule has 0 aliphatic carbocycles. The second-order valence-corrected chi connectivity index (χ2v) is 4.87. The number of hydrogen-bond donors (Lipinski definition) is 2. The van der Waals surface area contributed by atoms with Crippen LogP contribution < -0.4 is 15.5 Å². The van der Waals surface area contributed by atoms with Gasteiger partial charge in [-0.3, -0.25) is 0 Å². The number of nitrogens with one attached hydrogen (secondary N) is 2. The lowest BCUT2D eigenvalue weighted by atomic mass is 10.1. The molecule has 0 spiro atoms. The van der Waals surface area contributed by atoms with Crippen LogP contribution in [0, 0.1) is 13.8 Å². The first-order valence-electron chi connectivity index (χ1n) is 6.45. The third-order valence-corrected chi connectivity index (χ3v) is 2.88. The molecule has 2 aromatic rings. The number of benzene rings is 1. The van der Waals surface area contributed by atoms with E-state index in [1.807, 2.05) is 25.1 Å². The van der Waals surface area contributed by atoms with Crippen LogP contribution in [0.4, 0.5) is 23.5 Å². The topological polar surface area (TPSA) is 66.0 Å². The summed E-state index contributed by atoms with van der Waals surface area (Å²) in [6.45, 7) is 4.13. The van der Waals surface area contributed by atoms with Crippen molar-refractivity contribution in [2.75, 3.05) is 36.7 Å². The molecule has 0 unspecified atom stereocenters. The smallest absolute Gasteiger partial charge is 0.233 e. The van der Waals surface area contributed by atoms with Gasteiger partial charge in [0.15, 0.2) is 0 Å². The normalized spacial score (nSPS) is 10.2. The van der Waals surface area contributed by atoms with Crippen LogP contribution in [0.1, 0.15) is 11.1 Å². The highest BCUT2D eigenvalue weighted by atomic mass is 15.3. The van der Waals surface area contributed by atoms with E-state index in [2.05, 4.69) is 51.6 Å². The van der Waals surface area contributed by atoms with Crippen LogP contribution in [0.5, 0.6) is 0 Å². The Morgan fingerprint density at radius 1 is 1.00 bits per heavy atom. The summed E-state index contributed by atoms with van der Waals surface area (Å²) in [6, 6.07) is 6.21. The van der Waals surface area contributed by atoms with Crippen molar-refractivity contribution in [1.82, 2.24) is 15.0 Å². The number of nitrogens with zero attached hydrogens (tertiary/aromatic N) is 4. The standard InChI is InChI=1S/C14H20N6/c1-9-6-7-11(10(2)8-9)16-13-17-12(15-3)18-14(19-13)20(4)5/h6-8H,1-5H3,(H2,15,16,17,18,19). The van der Waals surface area contributed by atoms with Gasteiger partial charge in [0.25, 0.3) is 0 Å². The van der Waals surface area contributed by atoms with Gasteiger partial charge in [-0.2, -0.15) is 15.0 Å². The minimum absolute atomic E-state index is 0.528. The fourth-order valence-corrected chi connectivity index (χ4v) is 1.81. The van der Waals surface area contributed by atoms with E-state index in [4.69, 9.17) is 0 Å². The Kier molecular flexibility index (Phi) is 4.02. The third-order valence-electron chi connectivity index (χ3n) is 2.88. The highest BCUT2D eigenvalue weighted by Gasteiger charge is 2.08. The van der Waals surface area contributed by atoms with Gasteiger partial charge in [0, 0.05) is 26.8 Å². The zero-order valence-electron chi connectivity index (χ0n) is 12.5. The summed E-state index contributed by atoms with van der Waals surface area (Å²) in [5.41, 5.74) is 3.38. The zero-order valence-corrected chi connectivity index (χ0v) is 12.5. The second kappa shape index (κ2) is 5.73. The minimum atomic E-state index is 0.528. The van der Waals surface area contributed by atoms with Crippen molar-refractivity contribution < 1.29 is 0 Å². The van der Waals surface area contributed by atoms with Crippen LogP contribution in [-0.4, -0.2) is 36.1 Å². The third kappa shape index (κ3) is 3.14. The van der Waals surface area contributed by atoms with Gasteiger partial charge in [0.1, 0.15) is 0 Å². The summed E-state index contributed by atoms with van der Waals surface area (Å²) in [4.78, 5) is 14.8. The lowest BCUT2D eigenvalue weighted by Crippen LogP contribution is -2.15. The van der Waals surface area contributed by atoms with E-state index < -0.39 is 0 Å². The summed E-state index contributed by atoms with van der Waals surface area (Å²) in [5, 5.41) is 6.18. The first kappa shape index (κ1) is 14.0. The van der Waals surface area contributed by atoms with Crippen molar-refractivity contribution in [3.8, 4) is 0 Å². The SMILES string of the molecule is CNc1nc(Nc2ccc(C)cc2C)nc(N(C)C)n1. The fourth-order valence-electron chi connectivity index (χ4n) is 1.81. The quantitative estimate of drug-likeness (QED) is 0.890. The molecule has 6 heteroatoms. The van der Waals surface area contributed by atoms with Crippen LogP contribution in [-0.2, 0) is 0 Å². The molecule has 0 saturated heterocycles. The first-order chi connectivity index (χ1) is 9.49. The average Bonchev–Trinajstić information content (AvgIpc) is 2.41. The summed E-state index contributed by atoms with van der Waals surface area (Å²) in [5.74, 6) is 1.67. The molecule has 0 aliphatic rings. The maximum atomic E-state index is 4.39. The summed E-state index contributed by atoms with van der Waals surface area (Å²) in [7, 11) is 5.58. The van der Waals surface area contributed by atoms with E-state index >= 15 is 0 Å². The highest BCUT2D eigenvalue weighted by molar-refractivity contribution is 5.60. The molecule has 20 heavy (non-hydrogen) atoms. The lowest BCUT2D eigenvalue weighted by molar-refractivity contribution is 0.962. The van der Waals surface area contributed by atoms with Crippen LogP contribution in [0.2, 0.25) is 0 Å². The Bertz CT molecular complexity index is 609.